The minimum atomic E-state index is -3.11. The minimum Gasteiger partial charge on any atom is -0.444 e. The number of nitrogens with zero attached hydrogens (tertiary/aromatic N) is 4. The van der Waals surface area contributed by atoms with Crippen LogP contribution in [0.25, 0.3) is 0 Å². The maximum absolute atomic E-state index is 14.9. The fraction of sp³-hybridized carbons (Fsp3) is 0.550. The van der Waals surface area contributed by atoms with E-state index in [1.165, 1.54) is 9.91 Å². The highest BCUT2D eigenvalue weighted by Crippen LogP contribution is 2.32. The average Bonchev–Trinajstić information content (AvgIpc) is 3.03. The van der Waals surface area contributed by atoms with E-state index < -0.39 is 55.0 Å². The van der Waals surface area contributed by atoms with E-state index in [1.807, 2.05) is 0 Å². The Kier molecular flexibility index (Phi) is 7.74. The van der Waals surface area contributed by atoms with Crippen molar-refractivity contribution >= 4 is 29.2 Å². The zero-order valence-corrected chi connectivity index (χ0v) is 17.8. The fourth-order valence-corrected chi connectivity index (χ4v) is 3.81. The van der Waals surface area contributed by atoms with Crippen molar-refractivity contribution < 1.29 is 41.8 Å². The minimum absolute atomic E-state index is 0.105. The molecule has 0 spiro atoms. The number of hydrogen-bond donors (Lipinski definition) is 1. The van der Waals surface area contributed by atoms with Crippen LogP contribution in [0.15, 0.2) is 12.1 Å². The van der Waals surface area contributed by atoms with Gasteiger partial charge in [0.25, 0.3) is 12.3 Å². The lowest BCUT2D eigenvalue weighted by atomic mass is 10.1. The van der Waals surface area contributed by atoms with Crippen molar-refractivity contribution in [1.29, 1.82) is 0 Å². The highest BCUT2D eigenvalue weighted by Gasteiger charge is 2.34. The second-order valence-corrected chi connectivity index (χ2v) is 7.72. The summed E-state index contributed by atoms with van der Waals surface area (Å²) in [6.45, 7) is -0.150. The van der Waals surface area contributed by atoms with Crippen LogP contribution in [0.2, 0.25) is 0 Å². The van der Waals surface area contributed by atoms with Crippen molar-refractivity contribution in [1.82, 2.24) is 10.0 Å². The number of rotatable bonds is 7. The number of hydrazine groups is 1. The molecule has 1 aromatic rings. The van der Waals surface area contributed by atoms with Crippen molar-refractivity contribution in [3.8, 4) is 0 Å². The molecule has 2 heterocycles. The second-order valence-electron chi connectivity index (χ2n) is 7.72. The molecule has 1 N–H and O–H groups in total. The zero-order chi connectivity index (χ0) is 24.3. The van der Waals surface area contributed by atoms with Crippen LogP contribution in [0, 0.1) is 11.6 Å². The molecule has 3 rings (SSSR count). The SMILES string of the molecule is CN1CCN(c2c(F)cc(N3C[C@H](CCC(=O)C(F)F)OC3=O)cc2F)CCN1C(=O)CO. The van der Waals surface area contributed by atoms with Gasteiger partial charge in [0, 0.05) is 45.2 Å². The maximum Gasteiger partial charge on any atom is 0.414 e. The van der Waals surface area contributed by atoms with Crippen molar-refractivity contribution in [3.05, 3.63) is 23.8 Å². The molecular formula is C20H24F4N4O5. The number of aliphatic hydroxyl groups excluding tert-OH is 1. The molecule has 0 unspecified atom stereocenters. The molecule has 2 aliphatic rings. The molecule has 2 saturated heterocycles. The molecule has 0 radical (unpaired) electrons. The van der Waals surface area contributed by atoms with Gasteiger partial charge < -0.3 is 14.7 Å². The van der Waals surface area contributed by atoms with E-state index in [9.17, 15) is 31.9 Å². The van der Waals surface area contributed by atoms with Gasteiger partial charge in [-0.25, -0.2) is 27.4 Å². The Morgan fingerprint density at radius 1 is 1.15 bits per heavy atom. The third-order valence-electron chi connectivity index (χ3n) is 5.57. The van der Waals surface area contributed by atoms with E-state index in [0.29, 0.717) is 0 Å². The van der Waals surface area contributed by atoms with Crippen LogP contribution in [0.5, 0.6) is 0 Å². The molecule has 0 saturated carbocycles. The average molecular weight is 476 g/mol. The number of alkyl halides is 2. The second kappa shape index (κ2) is 10.3. The lowest BCUT2D eigenvalue weighted by molar-refractivity contribution is -0.148. The number of anilines is 2. The molecule has 0 aromatic heterocycles. The highest BCUT2D eigenvalue weighted by molar-refractivity contribution is 5.90. The van der Waals surface area contributed by atoms with Gasteiger partial charge in [-0.2, -0.15) is 0 Å². The first-order valence-corrected chi connectivity index (χ1v) is 10.3. The van der Waals surface area contributed by atoms with Crippen molar-refractivity contribution in [2.75, 3.05) is 56.2 Å². The van der Waals surface area contributed by atoms with Crippen LogP contribution in [-0.4, -0.2) is 91.8 Å². The first-order chi connectivity index (χ1) is 15.6. The number of carbonyl (C=O) groups excluding carboxylic acids is 3. The van der Waals surface area contributed by atoms with Gasteiger partial charge in [-0.3, -0.25) is 19.5 Å². The van der Waals surface area contributed by atoms with Crippen molar-refractivity contribution in [2.45, 2.75) is 25.4 Å². The van der Waals surface area contributed by atoms with Crippen LogP contribution in [0.3, 0.4) is 0 Å². The third-order valence-corrected chi connectivity index (χ3v) is 5.57. The number of benzene rings is 1. The molecule has 1 atom stereocenters. The number of likely N-dealkylation sites (N-methyl/N-ethyl adjacent to an activating group) is 1. The lowest BCUT2D eigenvalue weighted by Gasteiger charge is -2.28. The normalized spacial score (nSPS) is 19.8. The van der Waals surface area contributed by atoms with Gasteiger partial charge in [-0.05, 0) is 6.42 Å². The van der Waals surface area contributed by atoms with Gasteiger partial charge in [0.15, 0.2) is 17.4 Å². The number of ketones is 1. The number of aliphatic hydroxyl groups is 1. The Hall–Kier alpha value is -2.93. The Bertz CT molecular complexity index is 895. The predicted octanol–water partition coefficient (Wildman–Crippen LogP) is 1.39. The number of halogens is 4. The largest absolute Gasteiger partial charge is 0.444 e. The Morgan fingerprint density at radius 3 is 2.39 bits per heavy atom. The Morgan fingerprint density at radius 2 is 1.79 bits per heavy atom. The Labute approximate surface area is 187 Å². The van der Waals surface area contributed by atoms with Crippen molar-refractivity contribution in [2.24, 2.45) is 0 Å². The summed E-state index contributed by atoms with van der Waals surface area (Å²) in [5.41, 5.74) is -0.428. The van der Waals surface area contributed by atoms with Crippen LogP contribution in [-0.2, 0) is 14.3 Å². The Balaban J connectivity index is 1.72. The van der Waals surface area contributed by atoms with E-state index in [0.717, 1.165) is 17.0 Å². The number of carbonyl (C=O) groups is 3. The standard InChI is InChI=1S/C20H24F4N4O5/c1-25-4-5-26(6-7-28(25)17(31)11-29)18-14(21)8-12(9-15(18)22)27-10-13(33-20(27)32)2-3-16(30)19(23)24/h8-9,13,19,29H,2-7,10-11H2,1H3/t13-/m0/s1. The third kappa shape index (κ3) is 5.53. The van der Waals surface area contributed by atoms with Gasteiger partial charge in [0.05, 0.1) is 18.8 Å². The molecule has 2 fully saturated rings. The van der Waals surface area contributed by atoms with E-state index in [2.05, 4.69) is 0 Å². The monoisotopic (exact) mass is 476 g/mol. The molecule has 2 aliphatic heterocycles. The van der Waals surface area contributed by atoms with Gasteiger partial charge in [-0.1, -0.05) is 0 Å². The molecule has 9 nitrogen and oxygen atoms in total. The zero-order valence-electron chi connectivity index (χ0n) is 17.8. The summed E-state index contributed by atoms with van der Waals surface area (Å²) in [5.74, 6) is -3.67. The molecule has 1 aromatic carbocycles. The van der Waals surface area contributed by atoms with Crippen LogP contribution in [0.1, 0.15) is 12.8 Å². The summed E-state index contributed by atoms with van der Waals surface area (Å²) in [5, 5.41) is 11.9. The topological polar surface area (TPSA) is 93.6 Å². The molecule has 0 bridgehead atoms. The fourth-order valence-electron chi connectivity index (χ4n) is 3.81. The maximum atomic E-state index is 14.9. The first kappa shape index (κ1) is 24.7. The van der Waals surface area contributed by atoms with Gasteiger partial charge in [-0.15, -0.1) is 0 Å². The van der Waals surface area contributed by atoms with E-state index in [-0.39, 0.29) is 50.5 Å². The van der Waals surface area contributed by atoms with Gasteiger partial charge in [0.2, 0.25) is 0 Å². The van der Waals surface area contributed by atoms with Gasteiger partial charge >= 0.3 is 6.09 Å². The summed E-state index contributed by atoms with van der Waals surface area (Å²) in [7, 11) is 1.62. The van der Waals surface area contributed by atoms with Crippen molar-refractivity contribution in [3.63, 3.8) is 0 Å². The van der Waals surface area contributed by atoms with E-state index >= 15 is 0 Å². The predicted molar refractivity (Wildman–Crippen MR) is 108 cm³/mol. The molecule has 13 heteroatoms. The summed E-state index contributed by atoms with van der Waals surface area (Å²) in [6.07, 6.45) is -5.47. The quantitative estimate of drug-likeness (QED) is 0.595. The number of cyclic esters (lactones) is 1. The smallest absolute Gasteiger partial charge is 0.414 e. The summed E-state index contributed by atoms with van der Waals surface area (Å²) >= 11 is 0. The summed E-state index contributed by atoms with van der Waals surface area (Å²) in [6, 6.07) is 1.94. The number of ether oxygens (including phenoxy) is 1. The van der Waals surface area contributed by atoms with Crippen LogP contribution in [0.4, 0.5) is 33.7 Å². The van der Waals surface area contributed by atoms with Crippen LogP contribution < -0.4 is 9.80 Å². The lowest BCUT2D eigenvalue weighted by Crippen LogP contribution is -2.46. The summed E-state index contributed by atoms with van der Waals surface area (Å²) < 4.78 is 59.6. The van der Waals surface area contributed by atoms with Gasteiger partial charge in [0.1, 0.15) is 18.4 Å². The molecular weight excluding hydrogens is 452 g/mol. The molecule has 182 valence electrons. The highest BCUT2D eigenvalue weighted by atomic mass is 19.3. The summed E-state index contributed by atoms with van der Waals surface area (Å²) in [4.78, 5) is 37.5. The van der Waals surface area contributed by atoms with E-state index in [4.69, 9.17) is 9.84 Å². The number of Topliss-reactive ketones (excluding diaryl/α,β-unsaturated/α-hetero) is 1. The molecule has 2 amide bonds. The number of amides is 2. The first-order valence-electron chi connectivity index (χ1n) is 10.3. The molecule has 33 heavy (non-hydrogen) atoms. The van der Waals surface area contributed by atoms with E-state index in [1.54, 1.807) is 12.1 Å². The number of hydrogen-bond acceptors (Lipinski definition) is 7. The molecule has 0 aliphatic carbocycles. The van der Waals surface area contributed by atoms with Crippen LogP contribution >= 0.6 is 0 Å².